The van der Waals surface area contributed by atoms with E-state index in [1.807, 2.05) is 6.92 Å². The molecule has 1 aliphatic carbocycles. The minimum atomic E-state index is -0.649. The van der Waals surface area contributed by atoms with Crippen molar-refractivity contribution in [3.05, 3.63) is 27.1 Å². The SMILES string of the molecule is CCCOC(=O)[C@H](C)n1cnc2sc3c(c2c1=O)CC[C@@H](C)C3. The van der Waals surface area contributed by atoms with Gasteiger partial charge in [0.05, 0.1) is 18.3 Å². The van der Waals surface area contributed by atoms with Crippen molar-refractivity contribution in [2.45, 2.75) is 52.5 Å². The standard InChI is InChI=1S/C17H22N2O3S/c1-4-7-22-17(21)11(3)19-9-18-15-14(16(19)20)12-6-5-10(2)8-13(12)23-15/h9-11H,4-8H2,1-3H3/t10-,11+/m1/s1. The number of thiophene rings is 1. The second kappa shape index (κ2) is 6.43. The summed E-state index contributed by atoms with van der Waals surface area (Å²) in [5, 5.41) is 0.703. The lowest BCUT2D eigenvalue weighted by atomic mass is 9.89. The highest BCUT2D eigenvalue weighted by Gasteiger charge is 2.25. The van der Waals surface area contributed by atoms with Crippen molar-refractivity contribution in [2.24, 2.45) is 5.92 Å². The minimum absolute atomic E-state index is 0.122. The number of hydrogen-bond donors (Lipinski definition) is 0. The molecule has 3 rings (SSSR count). The molecule has 0 amide bonds. The van der Waals surface area contributed by atoms with Gasteiger partial charge in [0.2, 0.25) is 0 Å². The van der Waals surface area contributed by atoms with Crippen LogP contribution < -0.4 is 5.56 Å². The summed E-state index contributed by atoms with van der Waals surface area (Å²) in [6.45, 7) is 6.24. The monoisotopic (exact) mass is 334 g/mol. The maximum Gasteiger partial charge on any atom is 0.328 e. The van der Waals surface area contributed by atoms with E-state index in [4.69, 9.17) is 4.74 Å². The quantitative estimate of drug-likeness (QED) is 0.806. The van der Waals surface area contributed by atoms with Crippen LogP contribution in [0.1, 0.15) is 50.1 Å². The predicted octanol–water partition coefficient (Wildman–Crippen LogP) is 3.10. The number of hydrogen-bond acceptors (Lipinski definition) is 5. The molecule has 0 aromatic carbocycles. The summed E-state index contributed by atoms with van der Waals surface area (Å²) in [6, 6.07) is -0.649. The Bertz CT molecular complexity index is 793. The number of ether oxygens (including phenoxy) is 1. The molecule has 0 saturated carbocycles. The molecule has 124 valence electrons. The predicted molar refractivity (Wildman–Crippen MR) is 91.0 cm³/mol. The van der Waals surface area contributed by atoms with Crippen LogP contribution in [0.15, 0.2) is 11.1 Å². The van der Waals surface area contributed by atoms with Crippen molar-refractivity contribution in [1.29, 1.82) is 0 Å². The van der Waals surface area contributed by atoms with Crippen molar-refractivity contribution < 1.29 is 9.53 Å². The number of aromatic nitrogens is 2. The molecule has 2 atom stereocenters. The lowest BCUT2D eigenvalue weighted by Crippen LogP contribution is -2.30. The van der Waals surface area contributed by atoms with Crippen molar-refractivity contribution in [3.8, 4) is 0 Å². The molecule has 0 aliphatic heterocycles. The van der Waals surface area contributed by atoms with Gasteiger partial charge in [0, 0.05) is 4.88 Å². The molecule has 0 spiro atoms. The van der Waals surface area contributed by atoms with E-state index in [9.17, 15) is 9.59 Å². The largest absolute Gasteiger partial charge is 0.464 e. The summed E-state index contributed by atoms with van der Waals surface area (Å²) < 4.78 is 6.57. The zero-order valence-electron chi connectivity index (χ0n) is 13.8. The third kappa shape index (κ3) is 2.92. The molecule has 23 heavy (non-hydrogen) atoms. The van der Waals surface area contributed by atoms with Crippen LogP contribution in [0.4, 0.5) is 0 Å². The summed E-state index contributed by atoms with van der Waals surface area (Å²) in [7, 11) is 0. The van der Waals surface area contributed by atoms with Crippen LogP contribution in [0.25, 0.3) is 10.2 Å². The lowest BCUT2D eigenvalue weighted by Gasteiger charge is -2.18. The van der Waals surface area contributed by atoms with Gasteiger partial charge in [-0.05, 0) is 44.1 Å². The highest BCUT2D eigenvalue weighted by atomic mass is 32.1. The first kappa shape index (κ1) is 16.2. The third-order valence-electron chi connectivity index (χ3n) is 4.45. The molecular weight excluding hydrogens is 312 g/mol. The van der Waals surface area contributed by atoms with Gasteiger partial charge in [-0.25, -0.2) is 9.78 Å². The van der Waals surface area contributed by atoms with Crippen molar-refractivity contribution in [1.82, 2.24) is 9.55 Å². The van der Waals surface area contributed by atoms with Crippen molar-refractivity contribution in [2.75, 3.05) is 6.61 Å². The highest BCUT2D eigenvalue weighted by Crippen LogP contribution is 2.35. The Labute approximate surface area is 139 Å². The van der Waals surface area contributed by atoms with Crippen LogP contribution in [0.3, 0.4) is 0 Å². The van der Waals surface area contributed by atoms with Crippen LogP contribution in [-0.4, -0.2) is 22.1 Å². The van der Waals surface area contributed by atoms with Gasteiger partial charge in [-0.3, -0.25) is 9.36 Å². The Morgan fingerprint density at radius 3 is 3.09 bits per heavy atom. The normalized spacial score (nSPS) is 18.7. The van der Waals surface area contributed by atoms with Crippen LogP contribution in [0, 0.1) is 5.92 Å². The Kier molecular flexibility index (Phi) is 4.53. The van der Waals surface area contributed by atoms with Crippen LogP contribution in [0.2, 0.25) is 0 Å². The number of aryl methyl sites for hydroxylation is 1. The molecule has 1 aliphatic rings. The van der Waals surface area contributed by atoms with Gasteiger partial charge in [-0.15, -0.1) is 11.3 Å². The Balaban J connectivity index is 2.02. The van der Waals surface area contributed by atoms with Crippen LogP contribution in [-0.2, 0) is 22.4 Å². The number of fused-ring (bicyclic) bond motifs is 3. The van der Waals surface area contributed by atoms with E-state index < -0.39 is 6.04 Å². The summed E-state index contributed by atoms with van der Waals surface area (Å²) in [4.78, 5) is 31.4. The van der Waals surface area contributed by atoms with E-state index in [0.717, 1.165) is 36.1 Å². The van der Waals surface area contributed by atoms with Gasteiger partial charge in [0.1, 0.15) is 10.9 Å². The first-order valence-corrected chi connectivity index (χ1v) is 9.02. The summed E-state index contributed by atoms with van der Waals surface area (Å²) >= 11 is 1.62. The molecule has 2 heterocycles. The Morgan fingerprint density at radius 2 is 2.35 bits per heavy atom. The van der Waals surface area contributed by atoms with Gasteiger partial charge in [-0.2, -0.15) is 0 Å². The number of rotatable bonds is 4. The lowest BCUT2D eigenvalue weighted by molar-refractivity contribution is -0.147. The van der Waals surface area contributed by atoms with Gasteiger partial charge in [-0.1, -0.05) is 13.8 Å². The number of esters is 1. The highest BCUT2D eigenvalue weighted by molar-refractivity contribution is 7.18. The fourth-order valence-corrected chi connectivity index (χ4v) is 4.40. The molecule has 0 bridgehead atoms. The van der Waals surface area contributed by atoms with E-state index in [-0.39, 0.29) is 11.5 Å². The van der Waals surface area contributed by atoms with Crippen molar-refractivity contribution >= 4 is 27.5 Å². The fourth-order valence-electron chi connectivity index (χ4n) is 3.06. The molecule has 0 radical (unpaired) electrons. The van der Waals surface area contributed by atoms with Crippen molar-refractivity contribution in [3.63, 3.8) is 0 Å². The van der Waals surface area contributed by atoms with E-state index in [1.54, 1.807) is 18.3 Å². The van der Waals surface area contributed by atoms with E-state index >= 15 is 0 Å². The topological polar surface area (TPSA) is 61.2 Å². The first-order chi connectivity index (χ1) is 11.0. The Morgan fingerprint density at radius 1 is 1.57 bits per heavy atom. The second-order valence-electron chi connectivity index (χ2n) is 6.33. The zero-order valence-corrected chi connectivity index (χ0v) is 14.6. The molecule has 2 aromatic rings. The summed E-state index contributed by atoms with van der Waals surface area (Å²) in [5.74, 6) is 0.272. The van der Waals surface area contributed by atoms with E-state index in [2.05, 4.69) is 11.9 Å². The van der Waals surface area contributed by atoms with Gasteiger partial charge < -0.3 is 4.74 Å². The molecule has 5 nitrogen and oxygen atoms in total. The maximum atomic E-state index is 12.9. The van der Waals surface area contributed by atoms with E-state index in [1.165, 1.54) is 15.8 Å². The molecule has 6 heteroatoms. The summed E-state index contributed by atoms with van der Waals surface area (Å²) in [5.41, 5.74) is 1.02. The van der Waals surface area contributed by atoms with Gasteiger partial charge in [0.25, 0.3) is 5.56 Å². The molecule has 0 saturated heterocycles. The maximum absolute atomic E-state index is 12.9. The number of nitrogens with zero attached hydrogens (tertiary/aromatic N) is 2. The fraction of sp³-hybridized carbons (Fsp3) is 0.588. The minimum Gasteiger partial charge on any atom is -0.464 e. The van der Waals surface area contributed by atoms with E-state index in [0.29, 0.717) is 17.9 Å². The van der Waals surface area contributed by atoms with Crippen LogP contribution >= 0.6 is 11.3 Å². The Hall–Kier alpha value is -1.69. The van der Waals surface area contributed by atoms with Crippen LogP contribution in [0.5, 0.6) is 0 Å². The van der Waals surface area contributed by atoms with Gasteiger partial charge >= 0.3 is 5.97 Å². The average molecular weight is 334 g/mol. The molecule has 2 aromatic heterocycles. The smallest absolute Gasteiger partial charge is 0.328 e. The number of carbonyl (C=O) groups excluding carboxylic acids is 1. The zero-order chi connectivity index (χ0) is 16.6. The molecular formula is C17H22N2O3S. The molecule has 0 N–H and O–H groups in total. The first-order valence-electron chi connectivity index (χ1n) is 8.21. The molecule has 0 unspecified atom stereocenters. The number of carbonyl (C=O) groups is 1. The van der Waals surface area contributed by atoms with Gasteiger partial charge in [0.15, 0.2) is 0 Å². The third-order valence-corrected chi connectivity index (χ3v) is 5.61. The second-order valence-corrected chi connectivity index (χ2v) is 7.42. The average Bonchev–Trinajstić information content (AvgIpc) is 2.90. The summed E-state index contributed by atoms with van der Waals surface area (Å²) in [6.07, 6.45) is 5.28. The molecule has 0 fully saturated rings.